The summed E-state index contributed by atoms with van der Waals surface area (Å²) >= 11 is 0. The molecular weight excluding hydrogens is 376 g/mol. The minimum absolute atomic E-state index is 0.107. The fourth-order valence-corrected chi connectivity index (χ4v) is 5.35. The molecule has 0 N–H and O–H groups in total. The van der Waals surface area contributed by atoms with Crippen molar-refractivity contribution in [3.8, 4) is 0 Å². The van der Waals surface area contributed by atoms with Gasteiger partial charge in [0.15, 0.2) is 0 Å². The molecule has 3 fully saturated rings. The third-order valence-electron chi connectivity index (χ3n) is 7.44. The lowest BCUT2D eigenvalue weighted by atomic mass is 9.91. The molecule has 1 amide bonds. The summed E-state index contributed by atoms with van der Waals surface area (Å²) in [5, 5.41) is 0. The average molecular weight is 415 g/mol. The molecule has 30 heavy (non-hydrogen) atoms. The van der Waals surface area contributed by atoms with Gasteiger partial charge in [-0.05, 0) is 51.4 Å². The number of aromatic nitrogens is 1. The molecule has 0 aromatic carbocycles. The third-order valence-corrected chi connectivity index (χ3v) is 7.44. The van der Waals surface area contributed by atoms with Crippen LogP contribution in [0.2, 0.25) is 0 Å². The van der Waals surface area contributed by atoms with Crippen molar-refractivity contribution in [2.45, 2.75) is 76.5 Å². The minimum Gasteiger partial charge on any atom is -0.441 e. The highest BCUT2D eigenvalue weighted by molar-refractivity contribution is 5.70. The summed E-state index contributed by atoms with van der Waals surface area (Å²) in [6.07, 6.45) is 11.4. The summed E-state index contributed by atoms with van der Waals surface area (Å²) in [5.74, 6) is 0. The Bertz CT molecular complexity index is 711. The Morgan fingerprint density at radius 1 is 1.23 bits per heavy atom. The molecule has 1 saturated carbocycles. The van der Waals surface area contributed by atoms with Crippen molar-refractivity contribution >= 4 is 6.09 Å². The second-order valence-corrected chi connectivity index (χ2v) is 9.64. The van der Waals surface area contributed by atoms with Crippen LogP contribution in [0.3, 0.4) is 0 Å². The topological polar surface area (TPSA) is 48.9 Å². The number of nitrogens with zero attached hydrogens (tertiary/aromatic N) is 4. The van der Waals surface area contributed by atoms with E-state index in [-0.39, 0.29) is 11.7 Å². The molecule has 6 heteroatoms. The van der Waals surface area contributed by atoms with Gasteiger partial charge in [-0.3, -0.25) is 9.88 Å². The number of amides is 1. The van der Waals surface area contributed by atoms with Crippen LogP contribution in [-0.2, 0) is 11.3 Å². The maximum atomic E-state index is 12.5. The molecule has 1 aromatic rings. The van der Waals surface area contributed by atoms with Gasteiger partial charge in [0.25, 0.3) is 0 Å². The maximum Gasteiger partial charge on any atom is 0.410 e. The molecule has 0 bridgehead atoms. The zero-order valence-electron chi connectivity index (χ0n) is 18.8. The van der Waals surface area contributed by atoms with E-state index >= 15 is 0 Å². The van der Waals surface area contributed by atoms with E-state index in [4.69, 9.17) is 4.74 Å². The van der Waals surface area contributed by atoms with Gasteiger partial charge in [-0.15, -0.1) is 0 Å². The Hall–Kier alpha value is -1.66. The van der Waals surface area contributed by atoms with Crippen molar-refractivity contribution in [2.75, 3.05) is 39.8 Å². The van der Waals surface area contributed by atoms with E-state index < -0.39 is 0 Å². The monoisotopic (exact) mass is 414 g/mol. The highest BCUT2D eigenvalue weighted by Gasteiger charge is 2.46. The van der Waals surface area contributed by atoms with Crippen LogP contribution in [0.5, 0.6) is 0 Å². The minimum atomic E-state index is -0.276. The van der Waals surface area contributed by atoms with Gasteiger partial charge in [-0.25, -0.2) is 4.79 Å². The molecule has 0 unspecified atom stereocenters. The number of hydrogen-bond donors (Lipinski definition) is 0. The number of aryl methyl sites for hydroxylation is 1. The Labute approximate surface area is 181 Å². The van der Waals surface area contributed by atoms with Crippen molar-refractivity contribution in [3.63, 3.8) is 0 Å². The molecule has 3 aliphatic rings. The molecule has 1 spiro atoms. The zero-order valence-corrected chi connectivity index (χ0v) is 18.8. The summed E-state index contributed by atoms with van der Waals surface area (Å²) in [6.45, 7) is 7.57. The average Bonchev–Trinajstić information content (AvgIpc) is 3.07. The Morgan fingerprint density at radius 2 is 2.00 bits per heavy atom. The number of rotatable bonds is 7. The number of ether oxygens (including phenoxy) is 1. The number of carbonyl (C=O) groups excluding carboxylic acids is 1. The first-order chi connectivity index (χ1) is 14.5. The van der Waals surface area contributed by atoms with Crippen LogP contribution in [-0.4, -0.2) is 77.2 Å². The number of likely N-dealkylation sites (tertiary alicyclic amines) is 1. The quantitative estimate of drug-likeness (QED) is 0.679. The van der Waals surface area contributed by atoms with Crippen LogP contribution in [0.25, 0.3) is 0 Å². The largest absolute Gasteiger partial charge is 0.441 e. The molecule has 166 valence electrons. The number of hydrogen-bond acceptors (Lipinski definition) is 5. The smallest absolute Gasteiger partial charge is 0.410 e. The molecule has 0 atom stereocenters. The lowest BCUT2D eigenvalue weighted by molar-refractivity contribution is -0.00154. The highest BCUT2D eigenvalue weighted by Crippen LogP contribution is 2.34. The van der Waals surface area contributed by atoms with E-state index in [1.807, 2.05) is 17.2 Å². The molecular formula is C24H38N4O2. The molecule has 1 aliphatic carbocycles. The predicted octanol–water partition coefficient (Wildman–Crippen LogP) is 3.83. The summed E-state index contributed by atoms with van der Waals surface area (Å²) in [7, 11) is 2.25. The number of pyridine rings is 1. The van der Waals surface area contributed by atoms with Crippen LogP contribution in [0.1, 0.15) is 62.6 Å². The maximum absolute atomic E-state index is 12.5. The van der Waals surface area contributed by atoms with Gasteiger partial charge in [0.2, 0.25) is 0 Å². The first kappa shape index (κ1) is 21.6. The third kappa shape index (κ3) is 5.14. The van der Waals surface area contributed by atoms with Gasteiger partial charge in [0.05, 0.1) is 12.2 Å². The van der Waals surface area contributed by atoms with Gasteiger partial charge in [0, 0.05) is 51.3 Å². The van der Waals surface area contributed by atoms with Crippen LogP contribution in [0, 0.1) is 6.92 Å². The lowest BCUT2D eigenvalue weighted by Crippen LogP contribution is -2.46. The van der Waals surface area contributed by atoms with Crippen molar-refractivity contribution in [1.29, 1.82) is 0 Å². The Balaban J connectivity index is 1.21. The zero-order chi connectivity index (χ0) is 21.0. The molecule has 2 saturated heterocycles. The fraction of sp³-hybridized carbons (Fsp3) is 0.750. The standard InChI is InChI=1S/C24H38N4O2/c1-20-8-6-13-25-22(20)18-27-16-11-24(12-17-27)19-28(23(29)30-24)15-7-14-26(2)21-9-4-3-5-10-21/h6,8,13,21H,3-5,7,9-12,14-19H2,1-2H3. The normalized spacial score (nSPS) is 22.8. The van der Waals surface area contributed by atoms with Crippen LogP contribution < -0.4 is 0 Å². The van der Waals surface area contributed by atoms with E-state index in [0.717, 1.165) is 70.3 Å². The van der Waals surface area contributed by atoms with Crippen molar-refractivity contribution in [1.82, 2.24) is 19.7 Å². The lowest BCUT2D eigenvalue weighted by Gasteiger charge is -2.37. The van der Waals surface area contributed by atoms with Crippen molar-refractivity contribution < 1.29 is 9.53 Å². The van der Waals surface area contributed by atoms with Crippen molar-refractivity contribution in [3.05, 3.63) is 29.6 Å². The molecule has 3 heterocycles. The van der Waals surface area contributed by atoms with Gasteiger partial charge >= 0.3 is 6.09 Å². The van der Waals surface area contributed by atoms with Gasteiger partial charge in [-0.1, -0.05) is 25.3 Å². The van der Waals surface area contributed by atoms with Crippen molar-refractivity contribution in [2.24, 2.45) is 0 Å². The van der Waals surface area contributed by atoms with E-state index in [1.54, 1.807) is 0 Å². The Kier molecular flexibility index (Phi) is 6.94. The van der Waals surface area contributed by atoms with Crippen LogP contribution >= 0.6 is 0 Å². The first-order valence-electron chi connectivity index (χ1n) is 11.9. The summed E-state index contributed by atoms with van der Waals surface area (Å²) < 4.78 is 5.93. The fourth-order valence-electron chi connectivity index (χ4n) is 5.35. The summed E-state index contributed by atoms with van der Waals surface area (Å²) in [4.78, 5) is 23.9. The van der Waals surface area contributed by atoms with Gasteiger partial charge in [-0.2, -0.15) is 0 Å². The van der Waals surface area contributed by atoms with E-state index in [9.17, 15) is 4.79 Å². The molecule has 4 rings (SSSR count). The highest BCUT2D eigenvalue weighted by atomic mass is 16.6. The second kappa shape index (κ2) is 9.65. The molecule has 1 aromatic heterocycles. The van der Waals surface area contributed by atoms with E-state index in [0.29, 0.717) is 0 Å². The first-order valence-corrected chi connectivity index (χ1v) is 11.9. The van der Waals surface area contributed by atoms with Gasteiger partial charge < -0.3 is 14.5 Å². The summed E-state index contributed by atoms with van der Waals surface area (Å²) in [5.41, 5.74) is 2.12. The predicted molar refractivity (Wildman–Crippen MR) is 118 cm³/mol. The molecule has 2 aliphatic heterocycles. The van der Waals surface area contributed by atoms with Crippen LogP contribution in [0.4, 0.5) is 4.79 Å². The van der Waals surface area contributed by atoms with E-state index in [2.05, 4.69) is 34.8 Å². The molecule has 0 radical (unpaired) electrons. The second-order valence-electron chi connectivity index (χ2n) is 9.64. The number of carbonyl (C=O) groups is 1. The van der Waals surface area contributed by atoms with Crippen LogP contribution in [0.15, 0.2) is 18.3 Å². The summed E-state index contributed by atoms with van der Waals surface area (Å²) in [6, 6.07) is 4.85. The Morgan fingerprint density at radius 3 is 2.73 bits per heavy atom. The SMILES string of the molecule is Cc1cccnc1CN1CCC2(CC1)CN(CCCN(C)C1CCCCC1)C(=O)O2. The molecule has 6 nitrogen and oxygen atoms in total. The number of piperidine rings is 1. The van der Waals surface area contributed by atoms with E-state index in [1.165, 1.54) is 37.7 Å². The van der Waals surface area contributed by atoms with Gasteiger partial charge in [0.1, 0.15) is 5.60 Å².